The normalized spacial score (nSPS) is 23.9. The Morgan fingerprint density at radius 1 is 1.55 bits per heavy atom. The van der Waals surface area contributed by atoms with E-state index in [2.05, 4.69) is 5.32 Å². The molecule has 5 heteroatoms. The first-order chi connectivity index (χ1) is 9.34. The number of methoxy groups -OCH3 is 1. The zero-order valence-electron chi connectivity index (χ0n) is 11.9. The molecule has 1 aliphatic carbocycles. The number of hydrogen-bond donors (Lipinski definition) is 2. The summed E-state index contributed by atoms with van der Waals surface area (Å²) in [5.41, 5.74) is 0.291. The number of halogens is 1. The third-order valence-corrected chi connectivity index (χ3v) is 4.13. The number of hydrogen-bond acceptors (Lipinski definition) is 3. The molecule has 2 rings (SSSR count). The standard InChI is InChI=1S/C15H20FNO3/c1-15(2)12(8-13(15)18)17-14(19)7-9-4-5-11(20-3)10(16)6-9/h4-6,12-13,18H,7-8H2,1-3H3,(H,17,19). The largest absolute Gasteiger partial charge is 0.494 e. The molecule has 0 bridgehead atoms. The lowest BCUT2D eigenvalue weighted by molar-refractivity contribution is -0.128. The molecule has 1 aliphatic rings. The second-order valence-corrected chi connectivity index (χ2v) is 5.84. The highest BCUT2D eigenvalue weighted by molar-refractivity contribution is 5.79. The molecule has 0 saturated heterocycles. The van der Waals surface area contributed by atoms with E-state index < -0.39 is 5.82 Å². The summed E-state index contributed by atoms with van der Waals surface area (Å²) in [4.78, 5) is 11.9. The second-order valence-electron chi connectivity index (χ2n) is 5.84. The molecule has 0 spiro atoms. The van der Waals surface area contributed by atoms with Gasteiger partial charge in [-0.05, 0) is 24.1 Å². The quantitative estimate of drug-likeness (QED) is 0.882. The molecule has 2 N–H and O–H groups in total. The Morgan fingerprint density at radius 3 is 2.75 bits per heavy atom. The summed E-state index contributed by atoms with van der Waals surface area (Å²) in [6, 6.07) is 4.45. The lowest BCUT2D eigenvalue weighted by Crippen LogP contribution is -2.61. The van der Waals surface area contributed by atoms with Gasteiger partial charge >= 0.3 is 0 Å². The summed E-state index contributed by atoms with van der Waals surface area (Å²) in [6.45, 7) is 3.83. The van der Waals surface area contributed by atoms with Gasteiger partial charge in [0.2, 0.25) is 5.91 Å². The van der Waals surface area contributed by atoms with Crippen LogP contribution in [0.25, 0.3) is 0 Å². The van der Waals surface area contributed by atoms with Crippen LogP contribution in [-0.4, -0.2) is 30.3 Å². The van der Waals surface area contributed by atoms with Crippen LogP contribution in [0.4, 0.5) is 4.39 Å². The Balaban J connectivity index is 1.94. The molecule has 20 heavy (non-hydrogen) atoms. The first-order valence-corrected chi connectivity index (χ1v) is 6.64. The van der Waals surface area contributed by atoms with Crippen LogP contribution in [0.1, 0.15) is 25.8 Å². The van der Waals surface area contributed by atoms with Crippen LogP contribution in [-0.2, 0) is 11.2 Å². The maximum atomic E-state index is 13.5. The van der Waals surface area contributed by atoms with Crippen molar-refractivity contribution in [1.82, 2.24) is 5.32 Å². The van der Waals surface area contributed by atoms with Gasteiger partial charge in [0.25, 0.3) is 0 Å². The summed E-state index contributed by atoms with van der Waals surface area (Å²) in [5.74, 6) is -0.478. The number of carbonyl (C=O) groups excluding carboxylic acids is 1. The minimum Gasteiger partial charge on any atom is -0.494 e. The summed E-state index contributed by atoms with van der Waals surface area (Å²) in [7, 11) is 1.40. The third-order valence-electron chi connectivity index (χ3n) is 4.13. The van der Waals surface area contributed by atoms with Crippen molar-refractivity contribution in [2.24, 2.45) is 5.41 Å². The average molecular weight is 281 g/mol. The molecule has 1 amide bonds. The molecule has 0 aliphatic heterocycles. The molecule has 110 valence electrons. The van der Waals surface area contributed by atoms with Gasteiger partial charge < -0.3 is 15.2 Å². The van der Waals surface area contributed by atoms with Crippen molar-refractivity contribution in [2.75, 3.05) is 7.11 Å². The van der Waals surface area contributed by atoms with Gasteiger partial charge in [-0.3, -0.25) is 4.79 Å². The fourth-order valence-electron chi connectivity index (χ4n) is 2.40. The molecule has 2 atom stereocenters. The van der Waals surface area contributed by atoms with Gasteiger partial charge in [-0.2, -0.15) is 0 Å². The lowest BCUT2D eigenvalue weighted by atomic mass is 9.64. The molecule has 1 aromatic rings. The molecule has 2 unspecified atom stereocenters. The van der Waals surface area contributed by atoms with E-state index in [0.29, 0.717) is 12.0 Å². The molecule has 1 fully saturated rings. The summed E-state index contributed by atoms with van der Waals surface area (Å²) in [5, 5.41) is 12.5. The number of nitrogens with one attached hydrogen (secondary N) is 1. The Hall–Kier alpha value is -1.62. The Labute approximate surface area is 117 Å². The minimum atomic E-state index is -0.475. The highest BCUT2D eigenvalue weighted by Gasteiger charge is 2.47. The van der Waals surface area contributed by atoms with Crippen LogP contribution in [0, 0.1) is 11.2 Å². The number of benzene rings is 1. The Morgan fingerprint density at radius 2 is 2.25 bits per heavy atom. The monoisotopic (exact) mass is 281 g/mol. The highest BCUT2D eigenvalue weighted by atomic mass is 19.1. The smallest absolute Gasteiger partial charge is 0.224 e. The van der Waals surface area contributed by atoms with Crippen LogP contribution < -0.4 is 10.1 Å². The van der Waals surface area contributed by atoms with Crippen molar-refractivity contribution < 1.29 is 19.0 Å². The maximum Gasteiger partial charge on any atom is 0.224 e. The number of ether oxygens (including phenoxy) is 1. The molecule has 0 aromatic heterocycles. The molecule has 0 radical (unpaired) electrons. The summed E-state index contributed by atoms with van der Waals surface area (Å²) >= 11 is 0. The molecular weight excluding hydrogens is 261 g/mol. The van der Waals surface area contributed by atoms with Gasteiger partial charge in [-0.25, -0.2) is 4.39 Å². The number of rotatable bonds is 4. The molecule has 1 saturated carbocycles. The third kappa shape index (κ3) is 2.77. The van der Waals surface area contributed by atoms with Crippen molar-refractivity contribution in [3.8, 4) is 5.75 Å². The van der Waals surface area contributed by atoms with Crippen molar-refractivity contribution >= 4 is 5.91 Å². The van der Waals surface area contributed by atoms with Crippen LogP contribution in [0.15, 0.2) is 18.2 Å². The molecule has 4 nitrogen and oxygen atoms in total. The van der Waals surface area contributed by atoms with E-state index in [0.717, 1.165) is 0 Å². The Bertz CT molecular complexity index is 516. The van der Waals surface area contributed by atoms with E-state index in [1.165, 1.54) is 19.2 Å². The topological polar surface area (TPSA) is 58.6 Å². The summed E-state index contributed by atoms with van der Waals surface area (Å²) in [6.07, 6.45) is 0.297. The fourth-order valence-corrected chi connectivity index (χ4v) is 2.40. The van der Waals surface area contributed by atoms with Crippen LogP contribution in [0.3, 0.4) is 0 Å². The minimum absolute atomic E-state index is 0.0342. The van der Waals surface area contributed by atoms with Gasteiger partial charge in [0.05, 0.1) is 19.6 Å². The SMILES string of the molecule is COc1ccc(CC(=O)NC2CC(O)C2(C)C)cc1F. The van der Waals surface area contributed by atoms with Gasteiger partial charge in [0.1, 0.15) is 0 Å². The van der Waals surface area contributed by atoms with Crippen LogP contribution in [0.5, 0.6) is 5.75 Å². The molecular formula is C15H20FNO3. The van der Waals surface area contributed by atoms with E-state index >= 15 is 0 Å². The highest BCUT2D eigenvalue weighted by Crippen LogP contribution is 2.40. The number of aliphatic hydroxyl groups is 1. The van der Waals surface area contributed by atoms with E-state index in [-0.39, 0.29) is 35.6 Å². The van der Waals surface area contributed by atoms with Crippen molar-refractivity contribution in [1.29, 1.82) is 0 Å². The summed E-state index contributed by atoms with van der Waals surface area (Å²) < 4.78 is 18.4. The number of amides is 1. The molecule has 1 aromatic carbocycles. The molecule has 0 heterocycles. The number of carbonyl (C=O) groups is 1. The van der Waals surface area contributed by atoms with Gasteiger partial charge in [0.15, 0.2) is 11.6 Å². The second kappa shape index (κ2) is 5.40. The van der Waals surface area contributed by atoms with Gasteiger partial charge in [-0.15, -0.1) is 0 Å². The van der Waals surface area contributed by atoms with Crippen molar-refractivity contribution in [3.63, 3.8) is 0 Å². The zero-order valence-corrected chi connectivity index (χ0v) is 11.9. The van der Waals surface area contributed by atoms with Crippen LogP contribution >= 0.6 is 0 Å². The fraction of sp³-hybridized carbons (Fsp3) is 0.533. The number of aliphatic hydroxyl groups excluding tert-OH is 1. The van der Waals surface area contributed by atoms with Crippen LogP contribution in [0.2, 0.25) is 0 Å². The van der Waals surface area contributed by atoms with E-state index in [9.17, 15) is 14.3 Å². The van der Waals surface area contributed by atoms with Crippen molar-refractivity contribution in [3.05, 3.63) is 29.6 Å². The zero-order chi connectivity index (χ0) is 14.9. The first-order valence-electron chi connectivity index (χ1n) is 6.64. The lowest BCUT2D eigenvalue weighted by Gasteiger charge is -2.49. The van der Waals surface area contributed by atoms with E-state index in [1.54, 1.807) is 6.07 Å². The van der Waals surface area contributed by atoms with Gasteiger partial charge in [0, 0.05) is 11.5 Å². The van der Waals surface area contributed by atoms with Gasteiger partial charge in [-0.1, -0.05) is 19.9 Å². The van der Waals surface area contributed by atoms with E-state index in [4.69, 9.17) is 4.74 Å². The Kier molecular flexibility index (Phi) is 3.99. The first kappa shape index (κ1) is 14.8. The van der Waals surface area contributed by atoms with E-state index in [1.807, 2.05) is 13.8 Å². The predicted octanol–water partition coefficient (Wildman–Crippen LogP) is 1.65. The predicted molar refractivity (Wildman–Crippen MR) is 73.0 cm³/mol. The average Bonchev–Trinajstić information content (AvgIpc) is 2.38. The maximum absolute atomic E-state index is 13.5. The van der Waals surface area contributed by atoms with Crippen molar-refractivity contribution in [2.45, 2.75) is 38.8 Å².